The zero-order valence-corrected chi connectivity index (χ0v) is 53.5. The summed E-state index contributed by atoms with van der Waals surface area (Å²) < 4.78 is 35.1. The number of benzene rings is 4. The second kappa shape index (κ2) is 31.7. The Labute approximate surface area is 551 Å². The maximum atomic E-state index is 15.3. The number of rotatable bonds is 12. The number of carboxylic acids is 1. The van der Waals surface area contributed by atoms with E-state index in [4.69, 9.17) is 10.5 Å². The van der Waals surface area contributed by atoms with Crippen LogP contribution in [-0.4, -0.2) is 140 Å². The van der Waals surface area contributed by atoms with Crippen molar-refractivity contribution in [3.8, 4) is 5.75 Å². The number of Topliss-reactive ketones (excluding diaryl/α,β-unsaturated/α-hetero) is 2. The van der Waals surface area contributed by atoms with Crippen molar-refractivity contribution in [3.63, 3.8) is 0 Å². The van der Waals surface area contributed by atoms with Crippen molar-refractivity contribution in [2.45, 2.75) is 152 Å². The van der Waals surface area contributed by atoms with Gasteiger partial charge in [-0.1, -0.05) is 36.4 Å². The van der Waals surface area contributed by atoms with Crippen LogP contribution in [0.4, 0.5) is 8.78 Å². The van der Waals surface area contributed by atoms with E-state index in [1.165, 1.54) is 73.9 Å². The summed E-state index contributed by atoms with van der Waals surface area (Å²) in [5.74, 6) is -12.5. The van der Waals surface area contributed by atoms with Gasteiger partial charge < -0.3 is 62.3 Å². The largest absolute Gasteiger partial charge is 0.497 e. The van der Waals surface area contributed by atoms with Gasteiger partial charge in [0.25, 0.3) is 0 Å². The van der Waals surface area contributed by atoms with Crippen molar-refractivity contribution in [1.82, 2.24) is 46.8 Å². The van der Waals surface area contributed by atoms with Gasteiger partial charge in [0.1, 0.15) is 41.0 Å². The molecule has 0 spiro atoms. The number of carbonyl (C=O) groups is 11. The number of methoxy groups -OCH3 is 1. The topological polar surface area (TPSA) is 363 Å². The van der Waals surface area contributed by atoms with E-state index in [1.54, 1.807) is 61.7 Å². The molecule has 96 heavy (non-hydrogen) atoms. The Bertz CT molecular complexity index is 4000. The van der Waals surface area contributed by atoms with Gasteiger partial charge in [-0.15, -0.1) is 0 Å². The highest BCUT2D eigenvalue weighted by Gasteiger charge is 2.49. The number of hydrogen-bond donors (Lipinski definition) is 10. The Morgan fingerprint density at radius 3 is 1.85 bits per heavy atom. The number of carbonyl (C=O) groups excluding carboxylic acids is 10. The molecule has 4 aliphatic rings. The Balaban J connectivity index is 1.06. The molecule has 0 radical (unpaired) electrons. The molecular formula is C70H79F2N11O13. The van der Waals surface area contributed by atoms with Crippen LogP contribution in [0.2, 0.25) is 0 Å². The second-order valence-electron chi connectivity index (χ2n) is 25.1. The minimum Gasteiger partial charge on any atom is -0.497 e. The molecule has 6 heterocycles. The number of halogens is 2. The third kappa shape index (κ3) is 18.1. The van der Waals surface area contributed by atoms with Crippen molar-refractivity contribution in [2.24, 2.45) is 22.6 Å². The molecule has 0 saturated carbocycles. The molecule has 8 atom stereocenters. The summed E-state index contributed by atoms with van der Waals surface area (Å²) in [5, 5.41) is 27.5. The molecule has 8 amide bonds. The van der Waals surface area contributed by atoms with Crippen LogP contribution in [0.25, 0.3) is 21.8 Å². The highest BCUT2D eigenvalue weighted by molar-refractivity contribution is 6.00. The number of nitrogens with one attached hydrogen (secondary N) is 8. The number of nitrogens with zero attached hydrogens (tertiary/aromatic N) is 2. The van der Waals surface area contributed by atoms with E-state index in [0.29, 0.717) is 73.8 Å². The molecule has 506 valence electrons. The third-order valence-corrected chi connectivity index (χ3v) is 18.0. The van der Waals surface area contributed by atoms with Gasteiger partial charge in [-0.05, 0) is 134 Å². The highest BCUT2D eigenvalue weighted by Crippen LogP contribution is 2.33. The first-order chi connectivity index (χ1) is 45.9. The molecule has 26 heteroatoms. The minimum atomic E-state index is -1.85. The standard InChI is InChI=1S/C70H79F2N11O13/c1-39-65(91)79-55(29-47-38-76-54-20-16-49(72)33-52(47)54)59(84)31-45(28-46-37-75-53-19-15-48(71)32-51(46)53)67(93)80-56(34-63(88)89)60(85)30-44(25-43-21-23-74-35-43)66(92)81-58(27-41-13-17-50(96-3)18-14-41)68(94)83-24-6-22-70(83,2)69(95)82-57(64(73)90)26-40-9-11-42(12-10-40)36-77-61(86)7-4-5-8-62(87)78-39/h9-20,23,32-33,35,37-39,44-45,55-58,75-76H,4-8,21-22,24-31,34,36H2,1-3H3,(H2,73,90)(H,77,86)(H,78,87)(H,79,91)(H,80,93)(H,81,92)(H,82,95)(H,88,89)/t39-,44-,45-,55+,56+,57+,58+,70+/m1/s1. The van der Waals surface area contributed by atoms with E-state index >= 15 is 19.2 Å². The number of ketones is 2. The van der Waals surface area contributed by atoms with Gasteiger partial charge in [0, 0.05) is 123 Å². The number of aromatic nitrogens is 2. The number of fused-ring (bicyclic) bond motifs is 32. The van der Waals surface area contributed by atoms with Gasteiger partial charge in [-0.2, -0.15) is 0 Å². The molecule has 1 saturated heterocycles. The zero-order valence-electron chi connectivity index (χ0n) is 53.5. The fourth-order valence-electron chi connectivity index (χ4n) is 12.5. The number of allylic oxidation sites excluding steroid dienone is 1. The van der Waals surface area contributed by atoms with E-state index in [1.807, 2.05) is 0 Å². The van der Waals surface area contributed by atoms with Crippen LogP contribution >= 0.6 is 0 Å². The zero-order chi connectivity index (χ0) is 68.8. The van der Waals surface area contributed by atoms with Gasteiger partial charge >= 0.3 is 5.97 Å². The van der Waals surface area contributed by atoms with Crippen molar-refractivity contribution < 1.29 is 71.4 Å². The normalized spacial score (nSPS) is 23.8. The fraction of sp³-hybridized carbons (Fsp3) is 0.400. The van der Waals surface area contributed by atoms with Gasteiger partial charge in [0.2, 0.25) is 47.3 Å². The number of H-pyrrole nitrogens is 2. The predicted octanol–water partition coefficient (Wildman–Crippen LogP) is 5.08. The van der Waals surface area contributed by atoms with Crippen LogP contribution in [0.3, 0.4) is 0 Å². The Hall–Kier alpha value is -10.4. The quantitative estimate of drug-likeness (QED) is 0.0765. The van der Waals surface area contributed by atoms with Crippen molar-refractivity contribution in [3.05, 3.63) is 149 Å². The van der Waals surface area contributed by atoms with Crippen LogP contribution in [0.1, 0.15) is 112 Å². The maximum Gasteiger partial charge on any atom is 0.305 e. The van der Waals surface area contributed by atoms with Crippen molar-refractivity contribution in [2.75, 3.05) is 13.7 Å². The number of amides is 8. The highest BCUT2D eigenvalue weighted by atomic mass is 19.1. The lowest BCUT2D eigenvalue weighted by atomic mass is 9.87. The number of aliphatic carboxylic acids is 1. The summed E-state index contributed by atoms with van der Waals surface area (Å²) in [4.78, 5) is 168. The van der Waals surface area contributed by atoms with Crippen LogP contribution in [0, 0.1) is 23.5 Å². The van der Waals surface area contributed by atoms with Gasteiger partial charge in [-0.25, -0.2) is 8.78 Å². The first kappa shape index (κ1) is 69.9. The summed E-state index contributed by atoms with van der Waals surface area (Å²) in [7, 11) is 1.48. The summed E-state index contributed by atoms with van der Waals surface area (Å²) >= 11 is 0. The fourth-order valence-corrected chi connectivity index (χ4v) is 12.5. The Morgan fingerprint density at radius 1 is 0.667 bits per heavy atom. The first-order valence-electron chi connectivity index (χ1n) is 32.0. The molecule has 0 unspecified atom stereocenters. The SMILES string of the molecule is COc1ccc(C[C@@H]2NC(=O)[C@H](CC3=CN=CC3)CC(=O)[C@H](CC(=O)O)NC(=O)[C@H](Cc3c[nH]c4ccc(F)cc34)CC(=O)[C@H](Cc3c[nH]c4ccc(F)cc34)NC(=O)[C@@H](C)NC(=O)CCCCC(=O)NCc3ccc(cc3)C[C@@H](C(N)=O)NC(=O)[C@]3(C)CCCN3C2=O)cc1. The molecule has 4 aromatic carbocycles. The van der Waals surface area contributed by atoms with Gasteiger partial charge in [-0.3, -0.25) is 57.7 Å². The predicted molar refractivity (Wildman–Crippen MR) is 349 cm³/mol. The molecule has 11 N–H and O–H groups in total. The van der Waals surface area contributed by atoms with Crippen molar-refractivity contribution in [1.29, 1.82) is 0 Å². The first-order valence-corrected chi connectivity index (χ1v) is 32.0. The molecule has 0 aliphatic carbocycles. The van der Waals surface area contributed by atoms with Crippen LogP contribution < -0.4 is 42.4 Å². The van der Waals surface area contributed by atoms with E-state index in [-0.39, 0.29) is 83.2 Å². The average molecular weight is 1320 g/mol. The van der Waals surface area contributed by atoms with Crippen LogP contribution in [0.15, 0.2) is 114 Å². The van der Waals surface area contributed by atoms with E-state index < -0.39 is 137 Å². The number of nitrogens with two attached hydrogens (primary N) is 1. The number of primary amides is 1. The van der Waals surface area contributed by atoms with E-state index in [9.17, 15) is 47.4 Å². The average Bonchev–Trinajstić information content (AvgIpc) is 1.57. The lowest BCUT2D eigenvalue weighted by molar-refractivity contribution is -0.147. The molecule has 4 aliphatic heterocycles. The second-order valence-corrected chi connectivity index (χ2v) is 25.1. The number of hydrogen-bond acceptors (Lipinski definition) is 13. The molecule has 1 fully saturated rings. The molecule has 2 bridgehead atoms. The third-order valence-electron chi connectivity index (χ3n) is 18.0. The number of ether oxygens (including phenoxy) is 1. The van der Waals surface area contributed by atoms with E-state index in [2.05, 4.69) is 46.9 Å². The van der Waals surface area contributed by atoms with Gasteiger partial charge in [0.15, 0.2) is 11.6 Å². The summed E-state index contributed by atoms with van der Waals surface area (Å²) in [6.45, 7) is 3.14. The lowest BCUT2D eigenvalue weighted by Gasteiger charge is -2.37. The molecule has 24 nitrogen and oxygen atoms in total. The Kier molecular flexibility index (Phi) is 23.1. The molecule has 2 aromatic heterocycles. The molecular weight excluding hydrogens is 1240 g/mol. The lowest BCUT2D eigenvalue weighted by Crippen LogP contribution is -2.62. The van der Waals surface area contributed by atoms with E-state index in [0.717, 1.165) is 0 Å². The smallest absolute Gasteiger partial charge is 0.305 e. The van der Waals surface area contributed by atoms with Crippen molar-refractivity contribution >= 4 is 92.8 Å². The Morgan fingerprint density at radius 2 is 1.25 bits per heavy atom. The summed E-state index contributed by atoms with van der Waals surface area (Å²) in [5.41, 5.74) is 8.48. The summed E-state index contributed by atoms with van der Waals surface area (Å²) in [6.07, 6.45) is 4.13. The minimum absolute atomic E-state index is 0.0351. The number of aliphatic imine (C=N–C) groups is 1. The maximum absolute atomic E-state index is 15.3. The summed E-state index contributed by atoms with van der Waals surface area (Å²) in [6, 6.07) is 14.2. The monoisotopic (exact) mass is 1320 g/mol. The van der Waals surface area contributed by atoms with Crippen LogP contribution in [0.5, 0.6) is 5.75 Å². The number of carboxylic acid groups (broad SMARTS) is 1. The molecule has 6 aromatic rings. The molecule has 10 rings (SSSR count). The number of aromatic amines is 2. The van der Waals surface area contributed by atoms with Gasteiger partial charge in [0.05, 0.1) is 25.6 Å². The van der Waals surface area contributed by atoms with Crippen LogP contribution in [-0.2, 0) is 85.0 Å².